The van der Waals surface area contributed by atoms with E-state index in [2.05, 4.69) is 15.6 Å². The highest BCUT2D eigenvalue weighted by atomic mass is 32.1. The van der Waals surface area contributed by atoms with Gasteiger partial charge in [-0.15, -0.1) is 11.3 Å². The van der Waals surface area contributed by atoms with Crippen LogP contribution in [-0.2, 0) is 46.3 Å². The fraction of sp³-hybridized carbons (Fsp3) is 0.423. The number of likely N-dealkylation sites (tertiary alicyclic amines) is 1. The number of aromatic nitrogens is 1. The molecule has 404 valence electrons. The first-order valence-corrected chi connectivity index (χ1v) is 25.1. The second-order valence-electron chi connectivity index (χ2n) is 20.1. The van der Waals surface area contributed by atoms with E-state index in [-0.39, 0.29) is 36.1 Å². The lowest BCUT2D eigenvalue weighted by molar-refractivity contribution is -0.145. The number of likely N-dealkylation sites (N-methyl/N-ethyl adjacent to an activating group) is 3. The van der Waals surface area contributed by atoms with E-state index in [1.165, 1.54) is 66.5 Å². The minimum absolute atomic E-state index is 0.00168. The Morgan fingerprint density at radius 1 is 0.921 bits per heavy atom. The van der Waals surface area contributed by atoms with Crippen molar-refractivity contribution in [3.8, 4) is 22.3 Å². The maximum absolute atomic E-state index is 14.1. The number of hydrogen-bond acceptors (Lipinski definition) is 13. The van der Waals surface area contributed by atoms with E-state index < -0.39 is 114 Å². The fourth-order valence-corrected chi connectivity index (χ4v) is 9.85. The van der Waals surface area contributed by atoms with Crippen LogP contribution in [0.25, 0.3) is 10.4 Å². The molecule has 3 heterocycles. The van der Waals surface area contributed by atoms with E-state index >= 15 is 0 Å². The zero-order valence-electron chi connectivity index (χ0n) is 43.4. The predicted octanol–water partition coefficient (Wildman–Crippen LogP) is 4.49. The minimum atomic E-state index is -4.86. The monoisotopic (exact) mass is 1090 g/mol. The number of halogens is 3. The van der Waals surface area contributed by atoms with Crippen LogP contribution in [0.5, 0.6) is 5.75 Å². The van der Waals surface area contributed by atoms with Gasteiger partial charge in [0, 0.05) is 46.3 Å². The molecule has 0 aliphatic carbocycles. The number of hydrogen-bond donors (Lipinski definition) is 3. The zero-order chi connectivity index (χ0) is 56.2. The summed E-state index contributed by atoms with van der Waals surface area (Å²) in [6.07, 6.45) is -5.84. The molecule has 3 N–H and O–H groups in total. The molecule has 2 aliphatic rings. The minimum Gasteiger partial charge on any atom is -0.484 e. The average Bonchev–Trinajstić information content (AvgIpc) is 4.05. The van der Waals surface area contributed by atoms with Crippen LogP contribution >= 0.6 is 23.6 Å². The van der Waals surface area contributed by atoms with Gasteiger partial charge in [0.25, 0.3) is 11.8 Å². The first-order valence-electron chi connectivity index (χ1n) is 23.8. The molecule has 19 nitrogen and oxygen atoms in total. The van der Waals surface area contributed by atoms with E-state index in [4.69, 9.17) is 17.0 Å². The Labute approximate surface area is 447 Å². The van der Waals surface area contributed by atoms with E-state index in [1.54, 1.807) is 52.3 Å². The summed E-state index contributed by atoms with van der Waals surface area (Å²) in [5, 5.41) is 25.3. The zero-order valence-corrected chi connectivity index (χ0v) is 45.0. The molecule has 2 fully saturated rings. The number of thiazole rings is 1. The molecule has 1 aromatic heterocycles. The van der Waals surface area contributed by atoms with Gasteiger partial charge in [-0.1, -0.05) is 45.0 Å². The normalized spacial score (nSPS) is 16.7. The van der Waals surface area contributed by atoms with Crippen LogP contribution in [0.3, 0.4) is 0 Å². The van der Waals surface area contributed by atoms with Crippen molar-refractivity contribution < 1.29 is 56.6 Å². The number of nitrogens with zero attached hydrogens (tertiary/aromatic N) is 8. The molecule has 3 aromatic carbocycles. The summed E-state index contributed by atoms with van der Waals surface area (Å²) in [6.45, 7) is 8.37. The van der Waals surface area contributed by atoms with Crippen molar-refractivity contribution in [3.05, 3.63) is 94.6 Å². The van der Waals surface area contributed by atoms with Gasteiger partial charge in [-0.2, -0.15) is 18.4 Å². The summed E-state index contributed by atoms with van der Waals surface area (Å²) < 4.78 is 47.0. The van der Waals surface area contributed by atoms with Gasteiger partial charge in [-0.25, -0.2) is 4.98 Å². The number of aliphatic hydroxyl groups excluding tert-OH is 1. The average molecular weight is 1090 g/mol. The van der Waals surface area contributed by atoms with Gasteiger partial charge in [0.1, 0.15) is 23.4 Å². The summed E-state index contributed by atoms with van der Waals surface area (Å²) in [6, 6.07) is 16.0. The lowest BCUT2D eigenvalue weighted by atomic mass is 9.85. The summed E-state index contributed by atoms with van der Waals surface area (Å²) in [4.78, 5) is 106. The molecular formula is C52H59F3N10O9S2. The number of thiocarbonyl (C=S) groups is 1. The van der Waals surface area contributed by atoms with Gasteiger partial charge in [0.2, 0.25) is 29.5 Å². The van der Waals surface area contributed by atoms with Crippen molar-refractivity contribution in [1.29, 1.82) is 5.26 Å². The summed E-state index contributed by atoms with van der Waals surface area (Å²) in [5.41, 5.74) is 0.711. The van der Waals surface area contributed by atoms with Crippen molar-refractivity contribution in [1.82, 2.24) is 35.2 Å². The molecule has 4 aromatic rings. The molecule has 0 radical (unpaired) electrons. The standard InChI is InChI=1S/C52H59F3N10O9S2/c1-30-44(76-29-58-30)32-12-10-31(11-13-32)23-57-46(71)39-21-36(66)24-63(39)47(72)45(50(2,3)4)59-40(67)25-60(7)41(68)26-61(8)42(69)27-62(9)43(70)28-74-37-18-16-34(17-19-37)65-49(75)64(48(73)51(65,5)6)35-15-14-33(22-56)38(20-35)52(53,54)55/h10-20,29,36,39,45,66H,21,23-28H2,1-9H3,(H,57,71)(H,59,67)/t36-,39+,45?/m1/s1. The second-order valence-corrected chi connectivity index (χ2v) is 21.4. The molecule has 0 spiro atoms. The van der Waals surface area contributed by atoms with Crippen molar-refractivity contribution in [2.75, 3.05) is 63.7 Å². The third-order valence-electron chi connectivity index (χ3n) is 12.9. The van der Waals surface area contributed by atoms with E-state index in [0.717, 1.165) is 47.4 Å². The van der Waals surface area contributed by atoms with Gasteiger partial charge in [0.05, 0.1) is 64.7 Å². The van der Waals surface area contributed by atoms with Crippen LogP contribution in [0.1, 0.15) is 63.4 Å². The molecule has 76 heavy (non-hydrogen) atoms. The van der Waals surface area contributed by atoms with Gasteiger partial charge >= 0.3 is 6.18 Å². The number of benzene rings is 3. The first kappa shape index (κ1) is 57.8. The Hall–Kier alpha value is -7.49. The molecule has 0 bridgehead atoms. The number of anilines is 2. The number of nitriles is 1. The number of alkyl halides is 3. The third kappa shape index (κ3) is 13.1. The highest BCUT2D eigenvalue weighted by molar-refractivity contribution is 7.81. The van der Waals surface area contributed by atoms with E-state index in [0.29, 0.717) is 11.8 Å². The number of β-amino-alcohol motifs (C(OH)–C–C–N with tert-alkyl or cyclic N) is 1. The SMILES string of the molecule is Cc1ncsc1-c1ccc(CNC(=O)[C@@H]2C[C@@H](O)CN2C(=O)C(NC(=O)CN(C)C(=O)CN(C)C(=O)CN(C)C(=O)COc2ccc(N3C(=S)N(c4ccc(C#N)c(C(F)(F)F)c4)C(=O)C3(C)C)cc2)C(C)(C)C)cc1. The maximum Gasteiger partial charge on any atom is 0.417 e. The summed E-state index contributed by atoms with van der Waals surface area (Å²) in [7, 11) is 4.06. The molecule has 7 amide bonds. The summed E-state index contributed by atoms with van der Waals surface area (Å²) in [5.74, 6) is -3.96. The number of aliphatic hydroxyl groups is 1. The molecule has 2 saturated heterocycles. The van der Waals surface area contributed by atoms with Crippen molar-refractivity contribution in [3.63, 3.8) is 0 Å². The Morgan fingerprint density at radius 3 is 2.08 bits per heavy atom. The van der Waals surface area contributed by atoms with Crippen molar-refractivity contribution >= 4 is 81.4 Å². The first-order chi connectivity index (χ1) is 35.5. The van der Waals surface area contributed by atoms with E-state index in [9.17, 15) is 57.1 Å². The molecule has 6 rings (SSSR count). The highest BCUT2D eigenvalue weighted by Gasteiger charge is 2.51. The summed E-state index contributed by atoms with van der Waals surface area (Å²) >= 11 is 7.13. The van der Waals surface area contributed by atoms with Gasteiger partial charge in [0.15, 0.2) is 11.7 Å². The quantitative estimate of drug-likeness (QED) is 0.124. The van der Waals surface area contributed by atoms with Crippen LogP contribution in [0.4, 0.5) is 24.5 Å². The largest absolute Gasteiger partial charge is 0.484 e. The van der Waals surface area contributed by atoms with Crippen LogP contribution in [-0.4, -0.2) is 154 Å². The number of aryl methyl sites for hydroxylation is 1. The Balaban J connectivity index is 0.964. The Morgan fingerprint density at radius 2 is 1.51 bits per heavy atom. The highest BCUT2D eigenvalue weighted by Crippen LogP contribution is 2.40. The lowest BCUT2D eigenvalue weighted by Crippen LogP contribution is -2.58. The van der Waals surface area contributed by atoms with Crippen LogP contribution < -0.4 is 25.2 Å². The number of nitrogens with one attached hydrogen (secondary N) is 2. The number of rotatable bonds is 17. The van der Waals surface area contributed by atoms with Gasteiger partial charge in [-0.3, -0.25) is 38.5 Å². The number of amides is 7. The molecule has 0 saturated carbocycles. The van der Waals surface area contributed by atoms with Crippen molar-refractivity contribution in [2.24, 2.45) is 5.41 Å². The van der Waals surface area contributed by atoms with Crippen LogP contribution in [0.15, 0.2) is 72.2 Å². The van der Waals surface area contributed by atoms with Gasteiger partial charge in [-0.05, 0) is 92.0 Å². The molecule has 3 atom stereocenters. The smallest absolute Gasteiger partial charge is 0.417 e. The topological polar surface area (TPSA) is 229 Å². The predicted molar refractivity (Wildman–Crippen MR) is 279 cm³/mol. The second kappa shape index (κ2) is 23.2. The number of carbonyl (C=O) groups is 7. The number of carbonyl (C=O) groups excluding carboxylic acids is 7. The lowest BCUT2D eigenvalue weighted by Gasteiger charge is -2.35. The van der Waals surface area contributed by atoms with Crippen LogP contribution in [0.2, 0.25) is 0 Å². The Bertz CT molecular complexity index is 2940. The van der Waals surface area contributed by atoms with E-state index in [1.807, 2.05) is 31.2 Å². The molecule has 1 unspecified atom stereocenters. The number of ether oxygens (including phenoxy) is 1. The molecule has 2 aliphatic heterocycles. The van der Waals surface area contributed by atoms with Gasteiger partial charge < -0.3 is 45.0 Å². The fourth-order valence-electron chi connectivity index (χ4n) is 8.52. The third-order valence-corrected chi connectivity index (χ3v) is 14.3. The molecular weight excluding hydrogens is 1030 g/mol. The van der Waals surface area contributed by atoms with Crippen LogP contribution in [0, 0.1) is 23.7 Å². The van der Waals surface area contributed by atoms with Crippen molar-refractivity contribution in [2.45, 2.75) is 84.4 Å². The maximum atomic E-state index is 14.1. The Kier molecular flexibility index (Phi) is 17.6. The molecule has 24 heteroatoms.